The van der Waals surface area contributed by atoms with E-state index in [0.29, 0.717) is 28.6 Å². The largest absolute Gasteiger partial charge is 0.358 e. The average molecular weight is 386 g/mol. The van der Waals surface area contributed by atoms with E-state index in [0.717, 1.165) is 17.8 Å². The van der Waals surface area contributed by atoms with E-state index in [4.69, 9.17) is 12.2 Å². The number of nitrogens with one attached hydrogen (secondary N) is 3. The van der Waals surface area contributed by atoms with Crippen LogP contribution in [-0.2, 0) is 0 Å². The Morgan fingerprint density at radius 1 is 1.15 bits per heavy atom. The molecule has 0 spiro atoms. The molecule has 1 amide bonds. The van der Waals surface area contributed by atoms with Crippen LogP contribution < -0.4 is 16.2 Å². The second-order valence-corrected chi connectivity index (χ2v) is 7.77. The molecule has 0 radical (unpaired) electrons. The Bertz CT molecular complexity index is 801. The molecule has 6 nitrogen and oxygen atoms in total. The number of thiocarbonyl (C=S) groups is 1. The molecule has 1 aromatic carbocycles. The van der Waals surface area contributed by atoms with Crippen molar-refractivity contribution in [3.8, 4) is 5.69 Å². The number of aromatic nitrogens is 2. The van der Waals surface area contributed by atoms with Gasteiger partial charge in [0, 0.05) is 23.5 Å². The molecule has 1 heterocycles. The van der Waals surface area contributed by atoms with Crippen LogP contribution in [0.25, 0.3) is 5.69 Å². The molecule has 3 N–H and O–H groups in total. The molecule has 0 bridgehead atoms. The highest BCUT2D eigenvalue weighted by Crippen LogP contribution is 2.29. The van der Waals surface area contributed by atoms with Gasteiger partial charge in [-0.3, -0.25) is 15.6 Å². The van der Waals surface area contributed by atoms with E-state index in [1.807, 2.05) is 29.8 Å². The maximum absolute atomic E-state index is 12.3. The van der Waals surface area contributed by atoms with E-state index in [2.05, 4.69) is 35.1 Å². The Labute approximate surface area is 165 Å². The van der Waals surface area contributed by atoms with Gasteiger partial charge in [-0.25, -0.2) is 4.68 Å². The number of hydrogen-bond acceptors (Lipinski definition) is 3. The number of benzene rings is 1. The lowest BCUT2D eigenvalue weighted by Crippen LogP contribution is -2.52. The maximum Gasteiger partial charge on any atom is 0.269 e. The first-order valence-electron chi connectivity index (χ1n) is 9.43. The maximum atomic E-state index is 12.3. The fourth-order valence-corrected chi connectivity index (χ4v) is 3.77. The zero-order chi connectivity index (χ0) is 19.4. The average Bonchev–Trinajstić information content (AvgIpc) is 3.09. The Kier molecular flexibility index (Phi) is 6.11. The summed E-state index contributed by atoms with van der Waals surface area (Å²) in [5.41, 5.74) is 7.99. The molecule has 1 saturated carbocycles. The molecule has 2 aromatic rings. The van der Waals surface area contributed by atoms with E-state index >= 15 is 0 Å². The lowest BCUT2D eigenvalue weighted by Gasteiger charge is -2.35. The van der Waals surface area contributed by atoms with Crippen molar-refractivity contribution >= 4 is 23.2 Å². The number of carbonyl (C=O) groups is 1. The highest BCUT2D eigenvalue weighted by atomic mass is 32.1. The van der Waals surface area contributed by atoms with Crippen LogP contribution in [0.3, 0.4) is 0 Å². The number of hydrogen-bond donors (Lipinski definition) is 3. The number of aryl methyl sites for hydroxylation is 1. The summed E-state index contributed by atoms with van der Waals surface area (Å²) in [5.74, 6) is 1.02. The fourth-order valence-electron chi connectivity index (χ4n) is 3.57. The van der Waals surface area contributed by atoms with Crippen LogP contribution in [0.5, 0.6) is 0 Å². The van der Waals surface area contributed by atoms with Gasteiger partial charge in [-0.05, 0) is 67.7 Å². The molecular weight excluding hydrogens is 358 g/mol. The van der Waals surface area contributed by atoms with E-state index < -0.39 is 0 Å². The minimum atomic E-state index is -0.229. The van der Waals surface area contributed by atoms with E-state index in [1.165, 1.54) is 12.8 Å². The molecule has 27 heavy (non-hydrogen) atoms. The van der Waals surface area contributed by atoms with Gasteiger partial charge in [0.15, 0.2) is 5.11 Å². The van der Waals surface area contributed by atoms with E-state index in [1.54, 1.807) is 18.3 Å². The monoisotopic (exact) mass is 385 g/mol. The second-order valence-electron chi connectivity index (χ2n) is 7.36. The van der Waals surface area contributed by atoms with Crippen LogP contribution in [0, 0.1) is 18.8 Å². The van der Waals surface area contributed by atoms with Crippen LogP contribution >= 0.6 is 12.2 Å². The number of nitrogens with zero attached hydrogens (tertiary/aromatic N) is 2. The zero-order valence-electron chi connectivity index (χ0n) is 16.0. The topological polar surface area (TPSA) is 71.0 Å². The quantitative estimate of drug-likeness (QED) is 0.559. The van der Waals surface area contributed by atoms with Gasteiger partial charge in [0.25, 0.3) is 5.91 Å². The molecule has 7 heteroatoms. The molecule has 3 atom stereocenters. The van der Waals surface area contributed by atoms with Crippen LogP contribution in [0.2, 0.25) is 0 Å². The molecule has 1 fully saturated rings. The molecular formula is C20H27N5OS. The first-order chi connectivity index (χ1) is 13.0. The first-order valence-corrected chi connectivity index (χ1v) is 9.84. The lowest BCUT2D eigenvalue weighted by atomic mass is 9.78. The summed E-state index contributed by atoms with van der Waals surface area (Å²) in [6, 6.07) is 9.57. The van der Waals surface area contributed by atoms with Crippen LogP contribution in [0.15, 0.2) is 36.5 Å². The summed E-state index contributed by atoms with van der Waals surface area (Å²) < 4.78 is 1.82. The highest BCUT2D eigenvalue weighted by molar-refractivity contribution is 7.80. The number of rotatable bonds is 3. The van der Waals surface area contributed by atoms with Crippen LogP contribution in [0.4, 0.5) is 0 Å². The molecule has 1 aliphatic rings. The first kappa shape index (κ1) is 19.4. The van der Waals surface area contributed by atoms with Crippen molar-refractivity contribution in [2.24, 2.45) is 11.8 Å². The Balaban J connectivity index is 1.51. The van der Waals surface area contributed by atoms with Gasteiger partial charge in [0.2, 0.25) is 0 Å². The minimum Gasteiger partial charge on any atom is -0.358 e. The number of hydrazine groups is 1. The molecule has 0 unspecified atom stereocenters. The van der Waals surface area contributed by atoms with Crippen molar-refractivity contribution in [3.05, 3.63) is 47.8 Å². The van der Waals surface area contributed by atoms with E-state index in [9.17, 15) is 4.79 Å². The van der Waals surface area contributed by atoms with Gasteiger partial charge in [-0.2, -0.15) is 5.10 Å². The summed E-state index contributed by atoms with van der Waals surface area (Å²) in [5, 5.41) is 8.06. The number of carbonyl (C=O) groups excluding carboxylic acids is 1. The van der Waals surface area contributed by atoms with Gasteiger partial charge >= 0.3 is 0 Å². The molecule has 0 aliphatic heterocycles. The van der Waals surface area contributed by atoms with Gasteiger partial charge in [-0.1, -0.05) is 26.7 Å². The van der Waals surface area contributed by atoms with Crippen molar-refractivity contribution < 1.29 is 4.79 Å². The minimum absolute atomic E-state index is 0.229. The SMILES string of the molecule is Cc1ccnn1-c1ccc(C(=O)NNC(=S)N[C@H]2CCC[C@H](C)[C@@H]2C)cc1. The third-order valence-corrected chi connectivity index (χ3v) is 5.74. The second kappa shape index (κ2) is 8.52. The van der Waals surface area contributed by atoms with Gasteiger partial charge in [0.05, 0.1) is 5.69 Å². The molecule has 3 rings (SSSR count). The van der Waals surface area contributed by atoms with Gasteiger partial charge < -0.3 is 5.32 Å². The fraction of sp³-hybridized carbons (Fsp3) is 0.450. The smallest absolute Gasteiger partial charge is 0.269 e. The summed E-state index contributed by atoms with van der Waals surface area (Å²) in [4.78, 5) is 12.3. The van der Waals surface area contributed by atoms with Gasteiger partial charge in [0.1, 0.15) is 0 Å². The van der Waals surface area contributed by atoms with Gasteiger partial charge in [-0.15, -0.1) is 0 Å². The molecule has 144 valence electrons. The third-order valence-electron chi connectivity index (χ3n) is 5.52. The predicted molar refractivity (Wildman–Crippen MR) is 111 cm³/mol. The van der Waals surface area contributed by atoms with Crippen molar-refractivity contribution in [1.29, 1.82) is 0 Å². The summed E-state index contributed by atoms with van der Waals surface area (Å²) in [6.45, 7) is 6.52. The summed E-state index contributed by atoms with van der Waals surface area (Å²) in [7, 11) is 0. The van der Waals surface area contributed by atoms with Crippen molar-refractivity contribution in [1.82, 2.24) is 25.9 Å². The molecule has 1 aromatic heterocycles. The molecule has 1 aliphatic carbocycles. The number of amides is 1. The zero-order valence-corrected chi connectivity index (χ0v) is 16.8. The van der Waals surface area contributed by atoms with Crippen molar-refractivity contribution in [2.75, 3.05) is 0 Å². The normalized spacial score (nSPS) is 22.1. The highest BCUT2D eigenvalue weighted by Gasteiger charge is 2.27. The van der Waals surface area contributed by atoms with E-state index in [-0.39, 0.29) is 5.91 Å². The Morgan fingerprint density at radius 2 is 1.89 bits per heavy atom. The van der Waals surface area contributed by atoms with Crippen molar-refractivity contribution in [3.63, 3.8) is 0 Å². The summed E-state index contributed by atoms with van der Waals surface area (Å²) in [6.07, 6.45) is 5.34. The molecule has 0 saturated heterocycles. The lowest BCUT2D eigenvalue weighted by molar-refractivity contribution is 0.0943. The predicted octanol–water partition coefficient (Wildman–Crippen LogP) is 3.11. The Morgan fingerprint density at radius 3 is 2.56 bits per heavy atom. The standard InChI is InChI=1S/C20H27N5OS/c1-13-5-4-6-18(15(13)3)22-20(27)24-23-19(26)16-7-9-17(10-8-16)25-14(2)11-12-21-25/h7-13,15,18H,4-6H2,1-3H3,(H,23,26)(H2,22,24,27)/t13-,15-,18-/m0/s1. The van der Waals surface area contributed by atoms with Crippen LogP contribution in [0.1, 0.15) is 49.2 Å². The van der Waals surface area contributed by atoms with Crippen LogP contribution in [-0.4, -0.2) is 26.8 Å². The van der Waals surface area contributed by atoms with Crippen molar-refractivity contribution in [2.45, 2.75) is 46.1 Å². The third kappa shape index (κ3) is 4.66. The summed E-state index contributed by atoms with van der Waals surface area (Å²) >= 11 is 5.34. The Hall–Kier alpha value is -2.41.